The maximum atomic E-state index is 4.84. The van der Waals surface area contributed by atoms with Gasteiger partial charge in [0.1, 0.15) is 5.82 Å². The number of imidazole rings is 1. The normalized spacial score (nSPS) is 13.0. The van der Waals surface area contributed by atoms with E-state index in [0.717, 1.165) is 36.3 Å². The predicted octanol–water partition coefficient (Wildman–Crippen LogP) is 3.12. The van der Waals surface area contributed by atoms with Gasteiger partial charge in [0.25, 0.3) is 0 Å². The first-order valence-electron chi connectivity index (χ1n) is 8.72. The molecule has 0 saturated heterocycles. The van der Waals surface area contributed by atoms with Gasteiger partial charge in [-0.2, -0.15) is 0 Å². The van der Waals surface area contributed by atoms with E-state index < -0.39 is 0 Å². The first kappa shape index (κ1) is 18.2. The van der Waals surface area contributed by atoms with Gasteiger partial charge in [-0.25, -0.2) is 10.5 Å². The largest absolute Gasteiger partial charge is 0.323 e. The molecule has 0 fully saturated rings. The summed E-state index contributed by atoms with van der Waals surface area (Å²) in [4.78, 5) is 4.84. The first-order chi connectivity index (χ1) is 12.3. The molecule has 1 aromatic heterocycles. The highest BCUT2D eigenvalue weighted by atomic mass is 35.5. The minimum absolute atomic E-state index is 0. The van der Waals surface area contributed by atoms with Gasteiger partial charge in [0, 0.05) is 18.5 Å². The van der Waals surface area contributed by atoms with Gasteiger partial charge < -0.3 is 4.57 Å². The number of fused-ring (bicyclic) bond motifs is 1. The molecule has 3 aromatic rings. The van der Waals surface area contributed by atoms with Gasteiger partial charge in [-0.3, -0.25) is 5.43 Å². The molecule has 2 aromatic carbocycles. The summed E-state index contributed by atoms with van der Waals surface area (Å²) >= 11 is 0. The average molecular weight is 371 g/mol. The van der Waals surface area contributed by atoms with Crippen LogP contribution in [0.3, 0.4) is 0 Å². The summed E-state index contributed by atoms with van der Waals surface area (Å²) in [6, 6.07) is 16.8. The monoisotopic (exact) mass is 370 g/mol. The molecule has 0 aliphatic carbocycles. The summed E-state index contributed by atoms with van der Waals surface area (Å²) in [5.41, 5.74) is 13.0. The number of unbranched alkanes of at least 4 members (excludes halogenated alkanes) is 1. The Labute approximate surface area is 159 Å². The Kier molecular flexibility index (Phi) is 5.75. The van der Waals surface area contributed by atoms with Crippen LogP contribution in [0.1, 0.15) is 36.7 Å². The van der Waals surface area contributed by atoms with Crippen molar-refractivity contribution >= 4 is 29.3 Å². The SMILES string of the molecule is CCCCc1nc2ccccc2n1Cc1ccc(C2=NNNN2)cc1.Cl. The van der Waals surface area contributed by atoms with Crippen LogP contribution in [0.15, 0.2) is 53.6 Å². The Bertz CT molecular complexity index is 900. The number of para-hydroxylation sites is 2. The summed E-state index contributed by atoms with van der Waals surface area (Å²) in [5.74, 6) is 1.96. The van der Waals surface area contributed by atoms with Gasteiger partial charge >= 0.3 is 0 Å². The van der Waals surface area contributed by atoms with Crippen LogP contribution in [0.5, 0.6) is 0 Å². The number of hydrogen-bond acceptors (Lipinski definition) is 5. The van der Waals surface area contributed by atoms with Gasteiger partial charge in [0.05, 0.1) is 11.0 Å². The fourth-order valence-corrected chi connectivity index (χ4v) is 3.11. The molecule has 0 atom stereocenters. The van der Waals surface area contributed by atoms with E-state index in [2.05, 4.69) is 81.6 Å². The third-order valence-corrected chi connectivity index (χ3v) is 4.46. The number of halogens is 1. The fourth-order valence-electron chi connectivity index (χ4n) is 3.11. The Balaban J connectivity index is 0.00000196. The number of aromatic nitrogens is 2. The number of amidine groups is 1. The molecule has 0 radical (unpaired) electrons. The molecule has 3 N–H and O–H groups in total. The van der Waals surface area contributed by atoms with E-state index in [4.69, 9.17) is 4.98 Å². The number of hydrazine groups is 2. The van der Waals surface area contributed by atoms with Gasteiger partial charge in [-0.15, -0.1) is 23.0 Å². The number of hydrogen-bond donors (Lipinski definition) is 3. The van der Waals surface area contributed by atoms with Crippen molar-refractivity contribution in [1.29, 1.82) is 0 Å². The van der Waals surface area contributed by atoms with Crippen LogP contribution in [-0.4, -0.2) is 15.4 Å². The van der Waals surface area contributed by atoms with E-state index in [0.29, 0.717) is 0 Å². The first-order valence-corrected chi connectivity index (χ1v) is 8.72. The Morgan fingerprint density at radius 1 is 1.04 bits per heavy atom. The third kappa shape index (κ3) is 3.66. The maximum absolute atomic E-state index is 4.84. The molecule has 6 nitrogen and oxygen atoms in total. The number of nitrogens with one attached hydrogen (secondary N) is 3. The molecule has 0 unspecified atom stereocenters. The second-order valence-corrected chi connectivity index (χ2v) is 6.23. The quantitative estimate of drug-likeness (QED) is 0.623. The van der Waals surface area contributed by atoms with Crippen LogP contribution >= 0.6 is 12.4 Å². The summed E-state index contributed by atoms with van der Waals surface area (Å²) in [6.07, 6.45) is 3.35. The number of nitrogens with zero attached hydrogens (tertiary/aromatic N) is 3. The second kappa shape index (κ2) is 8.21. The zero-order valence-corrected chi connectivity index (χ0v) is 15.5. The molecule has 7 heteroatoms. The second-order valence-electron chi connectivity index (χ2n) is 6.23. The highest BCUT2D eigenvalue weighted by Crippen LogP contribution is 2.19. The van der Waals surface area contributed by atoms with Crippen LogP contribution < -0.4 is 16.5 Å². The van der Waals surface area contributed by atoms with Crippen LogP contribution in [0.2, 0.25) is 0 Å². The summed E-state index contributed by atoms with van der Waals surface area (Å²) < 4.78 is 2.34. The molecular weight excluding hydrogens is 348 g/mol. The minimum Gasteiger partial charge on any atom is -0.323 e. The predicted molar refractivity (Wildman–Crippen MR) is 107 cm³/mol. The van der Waals surface area contributed by atoms with Crippen molar-refractivity contribution in [3.63, 3.8) is 0 Å². The number of aryl methyl sites for hydroxylation is 1. The van der Waals surface area contributed by atoms with E-state index >= 15 is 0 Å². The van der Waals surface area contributed by atoms with E-state index in [9.17, 15) is 0 Å². The molecule has 1 aliphatic heterocycles. The zero-order chi connectivity index (χ0) is 17.1. The molecular formula is C19H23ClN6. The molecule has 136 valence electrons. The molecule has 0 saturated carbocycles. The standard InChI is InChI=1S/C19H22N6.ClH/c1-2-3-8-18-20-16-6-4-5-7-17(16)25(18)13-14-9-11-15(12-10-14)19-21-23-24-22-19;/h4-7,9-12,23-24H,2-3,8,13H2,1H3,(H,21,22);1H. The number of hydrazone groups is 1. The van der Waals surface area contributed by atoms with Crippen molar-refractivity contribution in [3.8, 4) is 0 Å². The van der Waals surface area contributed by atoms with Crippen molar-refractivity contribution < 1.29 is 0 Å². The highest BCUT2D eigenvalue weighted by molar-refractivity contribution is 5.98. The van der Waals surface area contributed by atoms with Crippen molar-refractivity contribution in [2.45, 2.75) is 32.7 Å². The Hall–Kier alpha value is -2.57. The van der Waals surface area contributed by atoms with Gasteiger partial charge in [0.15, 0.2) is 5.84 Å². The van der Waals surface area contributed by atoms with Gasteiger partial charge in [-0.1, -0.05) is 49.7 Å². The number of benzene rings is 2. The number of rotatable bonds is 6. The van der Waals surface area contributed by atoms with Crippen molar-refractivity contribution in [3.05, 3.63) is 65.5 Å². The maximum Gasteiger partial charge on any atom is 0.170 e. The molecule has 1 aliphatic rings. The topological polar surface area (TPSA) is 66.3 Å². The highest BCUT2D eigenvalue weighted by Gasteiger charge is 2.11. The Morgan fingerprint density at radius 2 is 1.85 bits per heavy atom. The van der Waals surface area contributed by atoms with Crippen LogP contribution in [0.25, 0.3) is 11.0 Å². The van der Waals surface area contributed by atoms with Crippen molar-refractivity contribution in [2.24, 2.45) is 5.10 Å². The lowest BCUT2D eigenvalue weighted by Gasteiger charge is -2.10. The lowest BCUT2D eigenvalue weighted by atomic mass is 10.1. The molecule has 2 heterocycles. The zero-order valence-electron chi connectivity index (χ0n) is 14.7. The van der Waals surface area contributed by atoms with Crippen molar-refractivity contribution in [1.82, 2.24) is 26.0 Å². The lowest BCUT2D eigenvalue weighted by molar-refractivity contribution is 0.577. The van der Waals surface area contributed by atoms with Crippen LogP contribution in [0, 0.1) is 0 Å². The van der Waals surface area contributed by atoms with E-state index in [1.54, 1.807) is 0 Å². The van der Waals surface area contributed by atoms with Crippen LogP contribution in [-0.2, 0) is 13.0 Å². The smallest absolute Gasteiger partial charge is 0.170 e. The van der Waals surface area contributed by atoms with Gasteiger partial charge in [-0.05, 0) is 24.1 Å². The summed E-state index contributed by atoms with van der Waals surface area (Å²) in [7, 11) is 0. The molecule has 0 bridgehead atoms. The van der Waals surface area contributed by atoms with Gasteiger partial charge in [0.2, 0.25) is 0 Å². The minimum atomic E-state index is 0. The van der Waals surface area contributed by atoms with Crippen LogP contribution in [0.4, 0.5) is 0 Å². The van der Waals surface area contributed by atoms with Crippen molar-refractivity contribution in [2.75, 3.05) is 0 Å². The van der Waals surface area contributed by atoms with E-state index in [1.807, 2.05) is 0 Å². The molecule has 0 spiro atoms. The Morgan fingerprint density at radius 3 is 2.58 bits per heavy atom. The molecule has 0 amide bonds. The summed E-state index contributed by atoms with van der Waals surface area (Å²) in [6.45, 7) is 3.05. The lowest BCUT2D eigenvalue weighted by Crippen LogP contribution is -2.35. The van der Waals surface area contributed by atoms with E-state index in [1.165, 1.54) is 23.3 Å². The summed E-state index contributed by atoms with van der Waals surface area (Å²) in [5, 5.41) is 4.13. The molecule has 26 heavy (non-hydrogen) atoms. The fraction of sp³-hybridized carbons (Fsp3) is 0.263. The van der Waals surface area contributed by atoms with E-state index in [-0.39, 0.29) is 12.4 Å². The average Bonchev–Trinajstić information content (AvgIpc) is 3.29. The molecule has 4 rings (SSSR count). The third-order valence-electron chi connectivity index (χ3n) is 4.46.